The third-order valence-electron chi connectivity index (χ3n) is 3.97. The number of amides is 1. The molecule has 22 heavy (non-hydrogen) atoms. The highest BCUT2D eigenvalue weighted by atomic mass is 35.5. The van der Waals surface area contributed by atoms with Crippen LogP contribution in [0.5, 0.6) is 0 Å². The Bertz CT molecular complexity index is 669. The lowest BCUT2D eigenvalue weighted by molar-refractivity contribution is -0.0228. The van der Waals surface area contributed by atoms with Crippen LogP contribution in [0.25, 0.3) is 0 Å². The number of carbonyl (C=O) groups is 1. The van der Waals surface area contributed by atoms with Gasteiger partial charge in [-0.05, 0) is 36.2 Å². The Morgan fingerprint density at radius 2 is 1.91 bits per heavy atom. The summed E-state index contributed by atoms with van der Waals surface area (Å²) in [5, 5.41) is 0.701. The first-order valence-corrected chi connectivity index (χ1v) is 7.75. The fourth-order valence-electron chi connectivity index (χ4n) is 2.70. The minimum atomic E-state index is -0.0982. The SMILES string of the molecule is Cc1ccccc1C(=O)N1CCOC(c2ccc(Cl)cc2)C1. The van der Waals surface area contributed by atoms with Gasteiger partial charge in [0.1, 0.15) is 6.10 Å². The van der Waals surface area contributed by atoms with Crippen molar-refractivity contribution in [1.82, 2.24) is 4.90 Å². The van der Waals surface area contributed by atoms with Crippen LogP contribution in [0.2, 0.25) is 5.02 Å². The largest absolute Gasteiger partial charge is 0.370 e. The molecule has 1 heterocycles. The third kappa shape index (κ3) is 3.16. The lowest BCUT2D eigenvalue weighted by atomic mass is 10.0. The molecule has 0 N–H and O–H groups in total. The molecule has 0 saturated carbocycles. The second-order valence-electron chi connectivity index (χ2n) is 5.48. The van der Waals surface area contributed by atoms with Crippen LogP contribution >= 0.6 is 11.6 Å². The van der Waals surface area contributed by atoms with Gasteiger partial charge in [-0.15, -0.1) is 0 Å². The first-order valence-electron chi connectivity index (χ1n) is 7.37. The predicted molar refractivity (Wildman–Crippen MR) is 87.2 cm³/mol. The van der Waals surface area contributed by atoms with E-state index in [1.807, 2.05) is 60.4 Å². The molecule has 4 heteroatoms. The quantitative estimate of drug-likeness (QED) is 0.842. The fraction of sp³-hybridized carbons (Fsp3) is 0.278. The molecule has 1 fully saturated rings. The maximum Gasteiger partial charge on any atom is 0.254 e. The van der Waals surface area contributed by atoms with Gasteiger partial charge in [0, 0.05) is 17.1 Å². The molecule has 2 aromatic carbocycles. The van der Waals surface area contributed by atoms with Crippen LogP contribution in [0, 0.1) is 6.92 Å². The molecule has 1 aliphatic rings. The molecule has 1 atom stereocenters. The number of benzene rings is 2. The van der Waals surface area contributed by atoms with Crippen LogP contribution in [-0.4, -0.2) is 30.5 Å². The number of nitrogens with zero attached hydrogens (tertiary/aromatic N) is 1. The van der Waals surface area contributed by atoms with Crippen molar-refractivity contribution >= 4 is 17.5 Å². The standard InChI is InChI=1S/C18H18ClNO2/c1-13-4-2-3-5-16(13)18(21)20-10-11-22-17(12-20)14-6-8-15(19)9-7-14/h2-9,17H,10-12H2,1H3. The molecule has 1 amide bonds. The van der Waals surface area contributed by atoms with Crippen LogP contribution in [0.1, 0.15) is 27.6 Å². The van der Waals surface area contributed by atoms with Gasteiger partial charge < -0.3 is 9.64 Å². The molecule has 2 aromatic rings. The van der Waals surface area contributed by atoms with E-state index >= 15 is 0 Å². The minimum Gasteiger partial charge on any atom is -0.370 e. The van der Waals surface area contributed by atoms with Gasteiger partial charge in [0.15, 0.2) is 0 Å². The summed E-state index contributed by atoms with van der Waals surface area (Å²) in [6, 6.07) is 15.3. The maximum absolute atomic E-state index is 12.7. The van der Waals surface area contributed by atoms with Crippen LogP contribution in [-0.2, 0) is 4.74 Å². The van der Waals surface area contributed by atoms with Crippen LogP contribution < -0.4 is 0 Å². The van der Waals surface area contributed by atoms with Gasteiger partial charge in [-0.2, -0.15) is 0 Å². The highest BCUT2D eigenvalue weighted by molar-refractivity contribution is 6.30. The monoisotopic (exact) mass is 315 g/mol. The molecular formula is C18H18ClNO2. The Hall–Kier alpha value is -1.84. The van der Waals surface area contributed by atoms with Crippen LogP contribution in [0.15, 0.2) is 48.5 Å². The Morgan fingerprint density at radius 1 is 1.18 bits per heavy atom. The smallest absolute Gasteiger partial charge is 0.254 e. The fourth-order valence-corrected chi connectivity index (χ4v) is 2.82. The van der Waals surface area contributed by atoms with E-state index in [-0.39, 0.29) is 12.0 Å². The number of morpholine rings is 1. The molecule has 0 spiro atoms. The van der Waals surface area contributed by atoms with E-state index < -0.39 is 0 Å². The van der Waals surface area contributed by atoms with Gasteiger partial charge in [0.25, 0.3) is 5.91 Å². The number of halogens is 1. The Labute approximate surface area is 135 Å². The Balaban J connectivity index is 1.77. The first-order chi connectivity index (χ1) is 10.6. The number of ether oxygens (including phenoxy) is 1. The summed E-state index contributed by atoms with van der Waals surface area (Å²) in [7, 11) is 0. The summed E-state index contributed by atoms with van der Waals surface area (Å²) in [5.74, 6) is 0.0698. The van der Waals surface area contributed by atoms with Crippen molar-refractivity contribution < 1.29 is 9.53 Å². The second kappa shape index (κ2) is 6.51. The van der Waals surface area contributed by atoms with Gasteiger partial charge in [-0.1, -0.05) is 41.9 Å². The van der Waals surface area contributed by atoms with E-state index in [9.17, 15) is 4.79 Å². The lowest BCUT2D eigenvalue weighted by Crippen LogP contribution is -2.42. The van der Waals surface area contributed by atoms with Gasteiger partial charge in [0.05, 0.1) is 13.2 Å². The molecule has 3 rings (SSSR count). The molecule has 114 valence electrons. The average molecular weight is 316 g/mol. The van der Waals surface area contributed by atoms with E-state index in [4.69, 9.17) is 16.3 Å². The maximum atomic E-state index is 12.7. The normalized spacial score (nSPS) is 18.3. The zero-order valence-electron chi connectivity index (χ0n) is 12.5. The summed E-state index contributed by atoms with van der Waals surface area (Å²) in [4.78, 5) is 14.6. The van der Waals surface area contributed by atoms with E-state index in [0.717, 1.165) is 16.7 Å². The molecular weight excluding hydrogens is 298 g/mol. The van der Waals surface area contributed by atoms with Crippen molar-refractivity contribution in [3.05, 3.63) is 70.2 Å². The highest BCUT2D eigenvalue weighted by Crippen LogP contribution is 2.25. The van der Waals surface area contributed by atoms with E-state index in [0.29, 0.717) is 24.7 Å². The van der Waals surface area contributed by atoms with Crippen molar-refractivity contribution in [3.8, 4) is 0 Å². The summed E-state index contributed by atoms with van der Waals surface area (Å²) in [6.45, 7) is 3.70. The van der Waals surface area contributed by atoms with E-state index in [2.05, 4.69) is 0 Å². The molecule has 1 saturated heterocycles. The topological polar surface area (TPSA) is 29.5 Å². The molecule has 0 bridgehead atoms. The van der Waals surface area contributed by atoms with Gasteiger partial charge in [-0.3, -0.25) is 4.79 Å². The van der Waals surface area contributed by atoms with Crippen molar-refractivity contribution in [3.63, 3.8) is 0 Å². The Morgan fingerprint density at radius 3 is 2.64 bits per heavy atom. The highest BCUT2D eigenvalue weighted by Gasteiger charge is 2.26. The van der Waals surface area contributed by atoms with E-state index in [1.165, 1.54) is 0 Å². The molecule has 1 unspecified atom stereocenters. The van der Waals surface area contributed by atoms with Crippen molar-refractivity contribution in [2.45, 2.75) is 13.0 Å². The van der Waals surface area contributed by atoms with Crippen molar-refractivity contribution in [2.75, 3.05) is 19.7 Å². The third-order valence-corrected chi connectivity index (χ3v) is 4.22. The first kappa shape index (κ1) is 15.1. The van der Waals surface area contributed by atoms with Gasteiger partial charge in [0.2, 0.25) is 0 Å². The number of rotatable bonds is 2. The van der Waals surface area contributed by atoms with E-state index in [1.54, 1.807) is 0 Å². The number of aryl methyl sites for hydroxylation is 1. The summed E-state index contributed by atoms with van der Waals surface area (Å²) < 4.78 is 5.81. The lowest BCUT2D eigenvalue weighted by Gasteiger charge is -2.33. The summed E-state index contributed by atoms with van der Waals surface area (Å²) >= 11 is 5.92. The minimum absolute atomic E-state index is 0.0698. The zero-order chi connectivity index (χ0) is 15.5. The molecule has 3 nitrogen and oxygen atoms in total. The molecule has 1 aliphatic heterocycles. The van der Waals surface area contributed by atoms with Crippen molar-refractivity contribution in [2.24, 2.45) is 0 Å². The van der Waals surface area contributed by atoms with Crippen LogP contribution in [0.3, 0.4) is 0 Å². The molecule has 0 aliphatic carbocycles. The zero-order valence-corrected chi connectivity index (χ0v) is 13.2. The number of carbonyl (C=O) groups excluding carboxylic acids is 1. The predicted octanol–water partition coefficient (Wildman–Crippen LogP) is 3.86. The molecule has 0 aromatic heterocycles. The average Bonchev–Trinajstić information content (AvgIpc) is 2.55. The summed E-state index contributed by atoms with van der Waals surface area (Å²) in [5.41, 5.74) is 2.81. The Kier molecular flexibility index (Phi) is 4.46. The molecule has 0 radical (unpaired) electrons. The number of hydrogen-bond acceptors (Lipinski definition) is 2. The van der Waals surface area contributed by atoms with Gasteiger partial charge >= 0.3 is 0 Å². The van der Waals surface area contributed by atoms with Crippen LogP contribution in [0.4, 0.5) is 0 Å². The van der Waals surface area contributed by atoms with Crippen molar-refractivity contribution in [1.29, 1.82) is 0 Å². The summed E-state index contributed by atoms with van der Waals surface area (Å²) in [6.07, 6.45) is -0.0982. The number of hydrogen-bond donors (Lipinski definition) is 0. The van der Waals surface area contributed by atoms with Gasteiger partial charge in [-0.25, -0.2) is 0 Å². The second-order valence-corrected chi connectivity index (χ2v) is 5.91.